The smallest absolute Gasteiger partial charge is 0.412 e. The Bertz CT molecular complexity index is 641. The predicted molar refractivity (Wildman–Crippen MR) is 81.7 cm³/mol. The fraction of sp³-hybridized carbons (Fsp3) is 0.467. The van der Waals surface area contributed by atoms with Crippen LogP contribution < -0.4 is 10.1 Å². The molecule has 114 valence electrons. The van der Waals surface area contributed by atoms with E-state index in [4.69, 9.17) is 9.47 Å². The summed E-state index contributed by atoms with van der Waals surface area (Å²) in [6, 6.07) is 3.62. The first kappa shape index (κ1) is 15.2. The highest BCUT2D eigenvalue weighted by molar-refractivity contribution is 5.92. The number of carbonyl (C=O) groups excluding carboxylic acids is 1. The number of rotatable bonds is 3. The Kier molecular flexibility index (Phi) is 4.06. The molecule has 2 rings (SSSR count). The van der Waals surface area contributed by atoms with E-state index in [-0.39, 0.29) is 6.10 Å². The maximum absolute atomic E-state index is 11.9. The van der Waals surface area contributed by atoms with Gasteiger partial charge in [0, 0.05) is 11.5 Å². The van der Waals surface area contributed by atoms with Gasteiger partial charge in [0.2, 0.25) is 0 Å². The Hall–Kier alpha value is -2.24. The van der Waals surface area contributed by atoms with Gasteiger partial charge < -0.3 is 9.47 Å². The highest BCUT2D eigenvalue weighted by Crippen LogP contribution is 2.30. The minimum absolute atomic E-state index is 0.00967. The number of nitrogens with zero attached hydrogens (tertiary/aromatic N) is 1. The Morgan fingerprint density at radius 2 is 2.05 bits per heavy atom. The molecule has 21 heavy (non-hydrogen) atoms. The third kappa shape index (κ3) is 4.11. The van der Waals surface area contributed by atoms with Crippen LogP contribution in [0.25, 0.3) is 10.9 Å². The van der Waals surface area contributed by atoms with E-state index in [0.29, 0.717) is 11.4 Å². The minimum atomic E-state index is -0.553. The van der Waals surface area contributed by atoms with Gasteiger partial charge in [-0.25, -0.2) is 4.79 Å². The summed E-state index contributed by atoms with van der Waals surface area (Å²) in [5.74, 6) is 0.576. The number of aromatic amines is 1. The van der Waals surface area contributed by atoms with E-state index in [1.54, 1.807) is 12.3 Å². The van der Waals surface area contributed by atoms with E-state index < -0.39 is 11.7 Å². The molecule has 0 saturated heterocycles. The Balaban J connectivity index is 2.29. The van der Waals surface area contributed by atoms with Crippen molar-refractivity contribution in [2.45, 2.75) is 46.3 Å². The summed E-state index contributed by atoms with van der Waals surface area (Å²) < 4.78 is 11.0. The van der Waals surface area contributed by atoms with Crippen LogP contribution in [-0.2, 0) is 4.74 Å². The number of anilines is 1. The van der Waals surface area contributed by atoms with Gasteiger partial charge in [-0.1, -0.05) is 0 Å². The lowest BCUT2D eigenvalue weighted by molar-refractivity contribution is 0.0635. The van der Waals surface area contributed by atoms with Crippen LogP contribution in [0.3, 0.4) is 0 Å². The van der Waals surface area contributed by atoms with Gasteiger partial charge in [0.25, 0.3) is 0 Å². The Labute approximate surface area is 123 Å². The molecule has 6 heteroatoms. The van der Waals surface area contributed by atoms with Gasteiger partial charge in [-0.3, -0.25) is 10.4 Å². The SMILES string of the molecule is CC(C)Oc1cc2[nH]ncc2cc1NC(=O)OC(C)(C)C. The molecule has 1 heterocycles. The fourth-order valence-corrected chi connectivity index (χ4v) is 1.83. The Morgan fingerprint density at radius 3 is 2.67 bits per heavy atom. The third-order valence-electron chi connectivity index (χ3n) is 2.54. The molecule has 2 aromatic rings. The molecular formula is C15H21N3O3. The summed E-state index contributed by atoms with van der Waals surface area (Å²) >= 11 is 0. The molecule has 0 radical (unpaired) electrons. The van der Waals surface area contributed by atoms with Gasteiger partial charge in [0.15, 0.2) is 0 Å². The fourth-order valence-electron chi connectivity index (χ4n) is 1.83. The van der Waals surface area contributed by atoms with Crippen molar-refractivity contribution in [2.75, 3.05) is 5.32 Å². The molecule has 1 aromatic heterocycles. The molecule has 0 saturated carbocycles. The van der Waals surface area contributed by atoms with Crippen LogP contribution in [0.1, 0.15) is 34.6 Å². The number of ether oxygens (including phenoxy) is 2. The maximum Gasteiger partial charge on any atom is 0.412 e. The van der Waals surface area contributed by atoms with Gasteiger partial charge in [0.05, 0.1) is 23.5 Å². The van der Waals surface area contributed by atoms with E-state index in [9.17, 15) is 4.79 Å². The van der Waals surface area contributed by atoms with Crippen LogP contribution in [0.5, 0.6) is 5.75 Å². The van der Waals surface area contributed by atoms with Gasteiger partial charge >= 0.3 is 6.09 Å². The predicted octanol–water partition coefficient (Wildman–Crippen LogP) is 3.70. The average Bonchev–Trinajstić information content (AvgIpc) is 2.72. The van der Waals surface area contributed by atoms with Crippen molar-refractivity contribution in [3.8, 4) is 5.75 Å². The molecule has 0 fully saturated rings. The van der Waals surface area contributed by atoms with Crippen LogP contribution in [0, 0.1) is 0 Å². The van der Waals surface area contributed by atoms with Crippen molar-refractivity contribution < 1.29 is 14.3 Å². The van der Waals surface area contributed by atoms with Gasteiger partial charge in [-0.05, 0) is 40.7 Å². The number of benzene rings is 1. The van der Waals surface area contributed by atoms with Crippen LogP contribution in [-0.4, -0.2) is 28.0 Å². The summed E-state index contributed by atoms with van der Waals surface area (Å²) in [5.41, 5.74) is 0.857. The van der Waals surface area contributed by atoms with Crippen molar-refractivity contribution in [3.63, 3.8) is 0 Å². The quantitative estimate of drug-likeness (QED) is 0.904. The normalized spacial score (nSPS) is 11.7. The van der Waals surface area contributed by atoms with Crippen molar-refractivity contribution in [1.82, 2.24) is 10.2 Å². The molecule has 0 aliphatic rings. The lowest BCUT2D eigenvalue weighted by atomic mass is 10.2. The number of carbonyl (C=O) groups is 1. The van der Waals surface area contributed by atoms with Crippen molar-refractivity contribution in [2.24, 2.45) is 0 Å². The lowest BCUT2D eigenvalue weighted by Crippen LogP contribution is -2.27. The van der Waals surface area contributed by atoms with Crippen molar-refractivity contribution in [1.29, 1.82) is 0 Å². The second kappa shape index (κ2) is 5.63. The van der Waals surface area contributed by atoms with Gasteiger partial charge in [0.1, 0.15) is 11.4 Å². The molecule has 0 aliphatic carbocycles. The van der Waals surface area contributed by atoms with E-state index in [2.05, 4.69) is 15.5 Å². The molecule has 0 atom stereocenters. The zero-order valence-corrected chi connectivity index (χ0v) is 13.0. The number of H-pyrrole nitrogens is 1. The lowest BCUT2D eigenvalue weighted by Gasteiger charge is -2.21. The topological polar surface area (TPSA) is 76.2 Å². The second-order valence-electron chi connectivity index (χ2n) is 6.10. The van der Waals surface area contributed by atoms with E-state index in [1.165, 1.54) is 0 Å². The van der Waals surface area contributed by atoms with Gasteiger partial charge in [-0.2, -0.15) is 5.10 Å². The third-order valence-corrected chi connectivity index (χ3v) is 2.54. The number of hydrogen-bond donors (Lipinski definition) is 2. The summed E-state index contributed by atoms with van der Waals surface area (Å²) in [6.07, 6.45) is 1.16. The minimum Gasteiger partial charge on any atom is -0.489 e. The number of aromatic nitrogens is 2. The molecule has 1 amide bonds. The average molecular weight is 291 g/mol. The highest BCUT2D eigenvalue weighted by Gasteiger charge is 2.18. The maximum atomic E-state index is 11.9. The zero-order chi connectivity index (χ0) is 15.6. The van der Waals surface area contributed by atoms with Crippen molar-refractivity contribution >= 4 is 22.7 Å². The summed E-state index contributed by atoms with van der Waals surface area (Å²) in [4.78, 5) is 11.9. The number of nitrogens with one attached hydrogen (secondary N) is 2. The number of amides is 1. The van der Waals surface area contributed by atoms with Crippen LogP contribution in [0.2, 0.25) is 0 Å². The molecule has 0 unspecified atom stereocenters. The molecular weight excluding hydrogens is 270 g/mol. The first-order chi connectivity index (χ1) is 9.74. The second-order valence-corrected chi connectivity index (χ2v) is 6.10. The molecule has 2 N–H and O–H groups in total. The summed E-state index contributed by atoms with van der Waals surface area (Å²) in [5, 5.41) is 10.5. The first-order valence-electron chi connectivity index (χ1n) is 6.88. The molecule has 0 spiro atoms. The zero-order valence-electron chi connectivity index (χ0n) is 13.0. The van der Waals surface area contributed by atoms with E-state index in [1.807, 2.05) is 40.7 Å². The van der Waals surface area contributed by atoms with Crippen molar-refractivity contribution in [3.05, 3.63) is 18.3 Å². The number of fused-ring (bicyclic) bond motifs is 1. The summed E-state index contributed by atoms with van der Waals surface area (Å²) in [7, 11) is 0. The van der Waals surface area contributed by atoms with Crippen LogP contribution in [0.15, 0.2) is 18.3 Å². The van der Waals surface area contributed by atoms with E-state index in [0.717, 1.165) is 10.9 Å². The molecule has 0 bridgehead atoms. The van der Waals surface area contributed by atoms with Crippen LogP contribution >= 0.6 is 0 Å². The van der Waals surface area contributed by atoms with Crippen LogP contribution in [0.4, 0.5) is 10.5 Å². The Morgan fingerprint density at radius 1 is 1.33 bits per heavy atom. The standard InChI is InChI=1S/C15H21N3O3/c1-9(2)20-13-7-11-10(8-16-18-11)6-12(13)17-14(19)21-15(3,4)5/h6-9H,1-5H3,(H,16,18)(H,17,19). The monoisotopic (exact) mass is 291 g/mol. The van der Waals surface area contributed by atoms with Gasteiger partial charge in [-0.15, -0.1) is 0 Å². The first-order valence-corrected chi connectivity index (χ1v) is 6.88. The molecule has 1 aromatic carbocycles. The summed E-state index contributed by atoms with van der Waals surface area (Å²) in [6.45, 7) is 9.30. The largest absolute Gasteiger partial charge is 0.489 e. The van der Waals surface area contributed by atoms with E-state index >= 15 is 0 Å². The highest BCUT2D eigenvalue weighted by atomic mass is 16.6. The molecule has 6 nitrogen and oxygen atoms in total. The molecule has 0 aliphatic heterocycles. The number of hydrogen-bond acceptors (Lipinski definition) is 4.